The predicted octanol–water partition coefficient (Wildman–Crippen LogP) is 6.64. The van der Waals surface area contributed by atoms with Gasteiger partial charge in [-0.25, -0.2) is 0 Å². The fourth-order valence-electron chi connectivity index (χ4n) is 3.85. The highest BCUT2D eigenvalue weighted by atomic mass is 28.3. The third kappa shape index (κ3) is 6.34. The van der Waals surface area contributed by atoms with Crippen molar-refractivity contribution in [1.82, 2.24) is 14.5 Å². The van der Waals surface area contributed by atoms with E-state index < -0.39 is 8.07 Å². The number of hydrogen-bond donors (Lipinski definition) is 1. The summed E-state index contributed by atoms with van der Waals surface area (Å²) in [6, 6.07) is 18.0. The molecule has 0 saturated carbocycles. The van der Waals surface area contributed by atoms with Gasteiger partial charge in [0.2, 0.25) is 11.8 Å². The fourth-order valence-corrected chi connectivity index (χ4v) is 4.60. The lowest BCUT2D eigenvalue weighted by molar-refractivity contribution is 0.0899. The molecule has 0 radical (unpaired) electrons. The number of nitriles is 2. The van der Waals surface area contributed by atoms with Crippen molar-refractivity contribution in [2.75, 3.05) is 11.9 Å². The van der Waals surface area contributed by atoms with Crippen molar-refractivity contribution in [2.45, 2.75) is 46.3 Å². The van der Waals surface area contributed by atoms with Crippen LogP contribution in [0.2, 0.25) is 25.7 Å². The van der Waals surface area contributed by atoms with E-state index in [1.807, 2.05) is 30.7 Å². The molecule has 0 saturated heterocycles. The molecule has 0 fully saturated rings. The molecule has 0 spiro atoms. The summed E-state index contributed by atoms with van der Waals surface area (Å²) in [7, 11) is -1.19. The normalized spacial score (nSPS) is 11.2. The Kier molecular flexibility index (Phi) is 7.58. The molecule has 0 aliphatic rings. The molecule has 0 amide bonds. The van der Waals surface area contributed by atoms with Crippen LogP contribution in [0.1, 0.15) is 22.3 Å². The second-order valence-corrected chi connectivity index (χ2v) is 15.8. The second kappa shape index (κ2) is 10.8. The van der Waals surface area contributed by atoms with Gasteiger partial charge in [-0.15, -0.1) is 0 Å². The van der Waals surface area contributed by atoms with Gasteiger partial charge in [-0.2, -0.15) is 20.5 Å². The van der Waals surface area contributed by atoms with Gasteiger partial charge >= 0.3 is 0 Å². The zero-order chi connectivity index (χ0) is 26.6. The highest BCUT2D eigenvalue weighted by molar-refractivity contribution is 6.76. The fraction of sp³-hybridized carbons (Fsp3) is 0.286. The highest BCUT2D eigenvalue weighted by Crippen LogP contribution is 2.34. The quantitative estimate of drug-likeness (QED) is 0.198. The minimum Gasteiger partial charge on any atom is -0.438 e. The number of anilines is 2. The molecule has 2 heterocycles. The highest BCUT2D eigenvalue weighted by Gasteiger charge is 2.17. The standard InChI is InChI=1S/C28H30N6O2Si/c1-19-14-22(17-30)15-20(2)25(19)36-27-24-10-11-34(18-35-12-13-37(3,4)5)26(24)32-28(33-27)31-23-8-6-21(16-29)7-9-23/h6-11,14-15H,12-13,18H2,1-5H3,(H,31,32,33). The first-order valence-corrected chi connectivity index (χ1v) is 15.8. The van der Waals surface area contributed by atoms with Gasteiger partial charge in [-0.3, -0.25) is 0 Å². The van der Waals surface area contributed by atoms with Gasteiger partial charge in [0.15, 0.2) is 5.65 Å². The van der Waals surface area contributed by atoms with Crippen LogP contribution in [-0.2, 0) is 11.5 Å². The summed E-state index contributed by atoms with van der Waals surface area (Å²) in [5, 5.41) is 22.4. The monoisotopic (exact) mass is 510 g/mol. The smallest absolute Gasteiger partial charge is 0.233 e. The topological polar surface area (TPSA) is 109 Å². The zero-order valence-corrected chi connectivity index (χ0v) is 22.8. The van der Waals surface area contributed by atoms with Crippen LogP contribution in [0.5, 0.6) is 11.6 Å². The SMILES string of the molecule is Cc1cc(C#N)cc(C)c1Oc1nc(Nc2ccc(C#N)cc2)nc2c1ccn2COCC[Si](C)(C)C. The van der Waals surface area contributed by atoms with E-state index in [4.69, 9.17) is 19.7 Å². The summed E-state index contributed by atoms with van der Waals surface area (Å²) in [6.07, 6.45) is 1.92. The Morgan fingerprint density at radius 2 is 1.62 bits per heavy atom. The Hall–Kier alpha value is -4.18. The minimum atomic E-state index is -1.19. The first kappa shape index (κ1) is 25.9. The number of fused-ring (bicyclic) bond motifs is 1. The van der Waals surface area contributed by atoms with E-state index in [1.54, 1.807) is 36.4 Å². The molecule has 9 heteroatoms. The van der Waals surface area contributed by atoms with E-state index in [0.717, 1.165) is 28.2 Å². The molecular weight excluding hydrogens is 480 g/mol. The van der Waals surface area contributed by atoms with Gasteiger partial charge < -0.3 is 19.4 Å². The number of nitrogens with one attached hydrogen (secondary N) is 1. The molecule has 188 valence electrons. The Balaban J connectivity index is 1.70. The van der Waals surface area contributed by atoms with Gasteiger partial charge in [0.25, 0.3) is 0 Å². The van der Waals surface area contributed by atoms with Crippen LogP contribution in [0.3, 0.4) is 0 Å². The summed E-state index contributed by atoms with van der Waals surface area (Å²) in [4.78, 5) is 9.43. The molecule has 4 rings (SSSR count). The van der Waals surface area contributed by atoms with E-state index in [2.05, 4.69) is 42.1 Å². The maximum atomic E-state index is 9.30. The van der Waals surface area contributed by atoms with Crippen molar-refractivity contribution in [2.24, 2.45) is 0 Å². The molecule has 0 aliphatic carbocycles. The number of hydrogen-bond acceptors (Lipinski definition) is 7. The lowest BCUT2D eigenvalue weighted by Gasteiger charge is -2.16. The largest absolute Gasteiger partial charge is 0.438 e. The van der Waals surface area contributed by atoms with Crippen molar-refractivity contribution in [3.63, 3.8) is 0 Å². The minimum absolute atomic E-state index is 0.359. The van der Waals surface area contributed by atoms with Crippen LogP contribution >= 0.6 is 0 Å². The van der Waals surface area contributed by atoms with Gasteiger partial charge in [-0.05, 0) is 73.5 Å². The molecule has 2 aromatic carbocycles. The van der Waals surface area contributed by atoms with Gasteiger partial charge in [0.1, 0.15) is 12.5 Å². The summed E-state index contributed by atoms with van der Waals surface area (Å²) in [6.45, 7) is 11.9. The number of aryl methyl sites for hydroxylation is 2. The van der Waals surface area contributed by atoms with Gasteiger partial charge in [0, 0.05) is 26.6 Å². The lowest BCUT2D eigenvalue weighted by Crippen LogP contribution is -2.22. The summed E-state index contributed by atoms with van der Waals surface area (Å²) < 4.78 is 14.3. The lowest BCUT2D eigenvalue weighted by atomic mass is 10.1. The van der Waals surface area contributed by atoms with Crippen LogP contribution in [0.25, 0.3) is 11.0 Å². The number of rotatable bonds is 9. The van der Waals surface area contributed by atoms with Crippen molar-refractivity contribution < 1.29 is 9.47 Å². The summed E-state index contributed by atoms with van der Waals surface area (Å²) >= 11 is 0. The van der Waals surface area contributed by atoms with Crippen molar-refractivity contribution >= 4 is 30.7 Å². The van der Waals surface area contributed by atoms with E-state index >= 15 is 0 Å². The Bertz CT molecular complexity index is 1480. The molecule has 0 atom stereocenters. The average Bonchev–Trinajstić information content (AvgIpc) is 3.26. The molecule has 8 nitrogen and oxygen atoms in total. The van der Waals surface area contributed by atoms with E-state index in [9.17, 15) is 5.26 Å². The van der Waals surface area contributed by atoms with Crippen LogP contribution in [0.4, 0.5) is 11.6 Å². The molecule has 2 aromatic heterocycles. The molecular formula is C28H30N6O2Si. The van der Waals surface area contributed by atoms with Crippen LogP contribution < -0.4 is 10.1 Å². The van der Waals surface area contributed by atoms with E-state index in [-0.39, 0.29) is 0 Å². The molecule has 0 bridgehead atoms. The van der Waals surface area contributed by atoms with Crippen molar-refractivity contribution in [1.29, 1.82) is 10.5 Å². The molecule has 0 unspecified atom stereocenters. The molecule has 4 aromatic rings. The first-order chi connectivity index (χ1) is 17.7. The van der Waals surface area contributed by atoms with Crippen LogP contribution in [0, 0.1) is 36.5 Å². The predicted molar refractivity (Wildman–Crippen MR) is 147 cm³/mol. The third-order valence-corrected chi connectivity index (χ3v) is 7.57. The van der Waals surface area contributed by atoms with Gasteiger partial charge in [0.05, 0.1) is 28.7 Å². The summed E-state index contributed by atoms with van der Waals surface area (Å²) in [5.41, 5.74) is 4.28. The Morgan fingerprint density at radius 3 is 2.24 bits per heavy atom. The molecule has 1 N–H and O–H groups in total. The van der Waals surface area contributed by atoms with E-state index in [1.165, 1.54) is 0 Å². The van der Waals surface area contributed by atoms with Crippen molar-refractivity contribution in [3.05, 3.63) is 70.9 Å². The molecule has 37 heavy (non-hydrogen) atoms. The maximum Gasteiger partial charge on any atom is 0.233 e. The van der Waals surface area contributed by atoms with Crippen LogP contribution in [-0.4, -0.2) is 29.2 Å². The average molecular weight is 511 g/mol. The number of ether oxygens (including phenoxy) is 2. The Labute approximate surface area is 218 Å². The maximum absolute atomic E-state index is 9.30. The number of nitrogens with zero attached hydrogens (tertiary/aromatic N) is 5. The van der Waals surface area contributed by atoms with Crippen LogP contribution in [0.15, 0.2) is 48.7 Å². The summed E-state index contributed by atoms with van der Waals surface area (Å²) in [5.74, 6) is 1.42. The number of benzene rings is 2. The number of aromatic nitrogens is 3. The van der Waals surface area contributed by atoms with Crippen molar-refractivity contribution in [3.8, 4) is 23.8 Å². The second-order valence-electron chi connectivity index (χ2n) is 10.2. The third-order valence-electron chi connectivity index (χ3n) is 5.87. The zero-order valence-electron chi connectivity index (χ0n) is 21.8. The van der Waals surface area contributed by atoms with Gasteiger partial charge in [-0.1, -0.05) is 19.6 Å². The Morgan fingerprint density at radius 1 is 0.946 bits per heavy atom. The first-order valence-electron chi connectivity index (χ1n) is 12.1. The molecule has 0 aliphatic heterocycles. The van der Waals surface area contributed by atoms with E-state index in [0.29, 0.717) is 47.7 Å².